The number of rotatable bonds is 0. The highest BCUT2D eigenvalue weighted by Gasteiger charge is 2.26. The summed E-state index contributed by atoms with van der Waals surface area (Å²) in [5.74, 6) is 5.54. The summed E-state index contributed by atoms with van der Waals surface area (Å²) in [6.07, 6.45) is 4.67. The van der Waals surface area contributed by atoms with Gasteiger partial charge in [-0.3, -0.25) is 0 Å². The molecule has 0 heterocycles. The number of hydrogen-bond donors (Lipinski definition) is 1. The van der Waals surface area contributed by atoms with Gasteiger partial charge in [-0.05, 0) is 50.3 Å². The maximum absolute atomic E-state index is 13.3. The van der Waals surface area contributed by atoms with E-state index in [9.17, 15) is 9.50 Å². The lowest BCUT2D eigenvalue weighted by molar-refractivity contribution is 0.0610. The van der Waals surface area contributed by atoms with Crippen LogP contribution in [-0.4, -0.2) is 10.7 Å². The Kier molecular flexibility index (Phi) is 3.49. The quantitative estimate of drug-likeness (QED) is 0.681. The van der Waals surface area contributed by atoms with E-state index in [1.165, 1.54) is 12.5 Å². The predicted molar refractivity (Wildman–Crippen MR) is 66.0 cm³/mol. The molecule has 0 aliphatic heterocycles. The number of hydrogen-bond acceptors (Lipinski definition) is 1. The van der Waals surface area contributed by atoms with Crippen LogP contribution in [-0.2, 0) is 0 Å². The lowest BCUT2D eigenvalue weighted by atomic mass is 9.85. The molecular formula is C15H17FO. The van der Waals surface area contributed by atoms with Gasteiger partial charge in [-0.25, -0.2) is 4.39 Å². The molecule has 0 radical (unpaired) electrons. The molecule has 1 aliphatic rings. The van der Waals surface area contributed by atoms with Gasteiger partial charge in [-0.2, -0.15) is 0 Å². The van der Waals surface area contributed by atoms with Crippen molar-refractivity contribution in [3.63, 3.8) is 0 Å². The fourth-order valence-electron chi connectivity index (χ4n) is 2.12. The van der Waals surface area contributed by atoms with Gasteiger partial charge in [0.1, 0.15) is 11.4 Å². The van der Waals surface area contributed by atoms with Crippen molar-refractivity contribution in [1.29, 1.82) is 0 Å². The topological polar surface area (TPSA) is 20.2 Å². The number of aliphatic hydroxyl groups is 1. The normalized spacial score (nSPS) is 18.3. The van der Waals surface area contributed by atoms with Gasteiger partial charge in [0.25, 0.3) is 0 Å². The first-order valence-corrected chi connectivity index (χ1v) is 6.11. The summed E-state index contributed by atoms with van der Waals surface area (Å²) in [5, 5.41) is 10.2. The number of aryl methyl sites for hydroxylation is 1. The Morgan fingerprint density at radius 1 is 1.24 bits per heavy atom. The van der Waals surface area contributed by atoms with Crippen molar-refractivity contribution in [3.8, 4) is 11.8 Å². The molecule has 17 heavy (non-hydrogen) atoms. The first kappa shape index (κ1) is 12.1. The minimum Gasteiger partial charge on any atom is -0.378 e. The van der Waals surface area contributed by atoms with Crippen LogP contribution in [0.3, 0.4) is 0 Å². The van der Waals surface area contributed by atoms with Gasteiger partial charge < -0.3 is 5.11 Å². The number of benzene rings is 1. The maximum atomic E-state index is 13.3. The zero-order valence-electron chi connectivity index (χ0n) is 10.1. The van der Waals surface area contributed by atoms with Gasteiger partial charge in [0, 0.05) is 5.56 Å². The Balaban J connectivity index is 2.17. The molecule has 0 bridgehead atoms. The van der Waals surface area contributed by atoms with Crippen LogP contribution in [0.5, 0.6) is 0 Å². The molecule has 90 valence electrons. The van der Waals surface area contributed by atoms with Crippen LogP contribution in [0.4, 0.5) is 4.39 Å². The van der Waals surface area contributed by atoms with E-state index in [1.807, 2.05) is 0 Å². The van der Waals surface area contributed by atoms with E-state index in [4.69, 9.17) is 0 Å². The Bertz CT molecular complexity index is 462. The predicted octanol–water partition coefficient (Wildman–Crippen LogP) is 3.18. The number of halogens is 1. The van der Waals surface area contributed by atoms with Crippen LogP contribution in [0.15, 0.2) is 18.2 Å². The van der Waals surface area contributed by atoms with E-state index in [0.29, 0.717) is 11.1 Å². The van der Waals surface area contributed by atoms with Crippen molar-refractivity contribution in [3.05, 3.63) is 35.1 Å². The van der Waals surface area contributed by atoms with Crippen LogP contribution in [0.25, 0.3) is 0 Å². The van der Waals surface area contributed by atoms with Crippen molar-refractivity contribution >= 4 is 0 Å². The minimum atomic E-state index is -0.861. The van der Waals surface area contributed by atoms with Crippen molar-refractivity contribution in [2.45, 2.75) is 44.6 Å². The summed E-state index contributed by atoms with van der Waals surface area (Å²) in [6.45, 7) is 1.72. The van der Waals surface area contributed by atoms with Gasteiger partial charge >= 0.3 is 0 Å². The smallest absolute Gasteiger partial charge is 0.127 e. The molecule has 1 saturated carbocycles. The van der Waals surface area contributed by atoms with Gasteiger partial charge in [-0.15, -0.1) is 0 Å². The van der Waals surface area contributed by atoms with E-state index in [1.54, 1.807) is 19.1 Å². The van der Waals surface area contributed by atoms with Crippen LogP contribution in [0.1, 0.15) is 43.2 Å². The third-order valence-electron chi connectivity index (χ3n) is 3.29. The van der Waals surface area contributed by atoms with E-state index in [-0.39, 0.29) is 5.82 Å². The molecule has 0 spiro atoms. The van der Waals surface area contributed by atoms with Crippen LogP contribution >= 0.6 is 0 Å². The van der Waals surface area contributed by atoms with E-state index >= 15 is 0 Å². The zero-order chi connectivity index (χ0) is 12.3. The first-order chi connectivity index (χ1) is 8.09. The van der Waals surface area contributed by atoms with Crippen LogP contribution in [0.2, 0.25) is 0 Å². The third kappa shape index (κ3) is 3.08. The van der Waals surface area contributed by atoms with Crippen LogP contribution < -0.4 is 0 Å². The summed E-state index contributed by atoms with van der Waals surface area (Å²) >= 11 is 0. The molecule has 2 heteroatoms. The molecule has 0 saturated heterocycles. The molecule has 1 fully saturated rings. The molecule has 0 amide bonds. The van der Waals surface area contributed by atoms with E-state index < -0.39 is 5.60 Å². The monoisotopic (exact) mass is 232 g/mol. The molecule has 2 rings (SSSR count). The second-order valence-electron chi connectivity index (χ2n) is 4.81. The first-order valence-electron chi connectivity index (χ1n) is 6.11. The van der Waals surface area contributed by atoms with Gasteiger partial charge in [0.15, 0.2) is 0 Å². The average Bonchev–Trinajstić information content (AvgIpc) is 2.32. The average molecular weight is 232 g/mol. The molecule has 1 aromatic rings. The molecule has 1 aromatic carbocycles. The Labute approximate surface area is 102 Å². The van der Waals surface area contributed by atoms with Gasteiger partial charge in [0.2, 0.25) is 0 Å². The van der Waals surface area contributed by atoms with Crippen molar-refractivity contribution < 1.29 is 9.50 Å². The maximum Gasteiger partial charge on any atom is 0.127 e. The Hall–Kier alpha value is -1.33. The second kappa shape index (κ2) is 4.89. The second-order valence-corrected chi connectivity index (χ2v) is 4.81. The summed E-state index contributed by atoms with van der Waals surface area (Å²) in [6, 6.07) is 4.93. The highest BCUT2D eigenvalue weighted by Crippen LogP contribution is 2.27. The lowest BCUT2D eigenvalue weighted by Gasteiger charge is -2.26. The van der Waals surface area contributed by atoms with Crippen molar-refractivity contribution in [2.75, 3.05) is 0 Å². The highest BCUT2D eigenvalue weighted by atomic mass is 19.1. The zero-order valence-corrected chi connectivity index (χ0v) is 10.1. The van der Waals surface area contributed by atoms with Gasteiger partial charge in [-0.1, -0.05) is 24.3 Å². The summed E-state index contributed by atoms with van der Waals surface area (Å²) in [7, 11) is 0. The van der Waals surface area contributed by atoms with Crippen molar-refractivity contribution in [1.82, 2.24) is 0 Å². The largest absolute Gasteiger partial charge is 0.378 e. The Morgan fingerprint density at radius 2 is 1.94 bits per heavy atom. The molecule has 0 atom stereocenters. The fourth-order valence-corrected chi connectivity index (χ4v) is 2.12. The molecule has 1 aliphatic carbocycles. The van der Waals surface area contributed by atoms with Crippen molar-refractivity contribution in [2.24, 2.45) is 0 Å². The van der Waals surface area contributed by atoms with E-state index in [0.717, 1.165) is 25.7 Å². The Morgan fingerprint density at radius 3 is 2.59 bits per heavy atom. The van der Waals surface area contributed by atoms with Gasteiger partial charge in [0.05, 0.1) is 0 Å². The molecule has 0 unspecified atom stereocenters. The molecular weight excluding hydrogens is 215 g/mol. The van der Waals surface area contributed by atoms with E-state index in [2.05, 4.69) is 11.8 Å². The summed E-state index contributed by atoms with van der Waals surface area (Å²) in [4.78, 5) is 0. The molecule has 0 aromatic heterocycles. The SMILES string of the molecule is Cc1ccc(C#CC2(O)CCCCC2)cc1F. The summed E-state index contributed by atoms with van der Waals surface area (Å²) < 4.78 is 13.3. The molecule has 1 nitrogen and oxygen atoms in total. The lowest BCUT2D eigenvalue weighted by Crippen LogP contribution is -2.29. The summed E-state index contributed by atoms with van der Waals surface area (Å²) in [5.41, 5.74) is 0.388. The fraction of sp³-hybridized carbons (Fsp3) is 0.467. The minimum absolute atomic E-state index is 0.243. The third-order valence-corrected chi connectivity index (χ3v) is 3.29. The highest BCUT2D eigenvalue weighted by molar-refractivity contribution is 5.38. The standard InChI is InChI=1S/C15H17FO/c1-12-5-6-13(11-14(12)16)7-10-15(17)8-3-2-4-9-15/h5-6,11,17H,2-4,8-9H2,1H3. The van der Waals surface area contributed by atoms with Crippen LogP contribution in [0, 0.1) is 24.6 Å². The molecule has 1 N–H and O–H groups in total.